The van der Waals surface area contributed by atoms with Gasteiger partial charge in [0, 0.05) is 60.8 Å². The van der Waals surface area contributed by atoms with Crippen molar-refractivity contribution in [2.75, 3.05) is 40.4 Å². The molecule has 6 bridgehead atoms. The fourth-order valence-corrected chi connectivity index (χ4v) is 9.97. The Morgan fingerprint density at radius 1 is 1.06 bits per heavy atom. The second-order valence-corrected chi connectivity index (χ2v) is 19.0. The Morgan fingerprint density at radius 3 is 2.53 bits per heavy atom. The van der Waals surface area contributed by atoms with Crippen LogP contribution in [0.1, 0.15) is 65.0 Å². The van der Waals surface area contributed by atoms with Gasteiger partial charge in [-0.15, -0.1) is 0 Å². The normalized spacial score (nSPS) is 20.3. The second-order valence-electron chi connectivity index (χ2n) is 19.0. The molecule has 2 saturated heterocycles. The highest BCUT2D eigenvalue weighted by molar-refractivity contribution is 5.96. The molecular weight excluding hydrogens is 837 g/mol. The van der Waals surface area contributed by atoms with Gasteiger partial charge in [0.15, 0.2) is 0 Å². The van der Waals surface area contributed by atoms with Gasteiger partial charge in [-0.1, -0.05) is 65.1 Å². The number of esters is 1. The quantitative estimate of drug-likeness (QED) is 0.117. The number of rotatable bonds is 10. The van der Waals surface area contributed by atoms with Gasteiger partial charge in [-0.05, 0) is 110 Å². The Bertz CT molecular complexity index is 2560. The molecule has 1 aromatic heterocycles. The summed E-state index contributed by atoms with van der Waals surface area (Å²) in [5.41, 5.74) is 8.94. The third-order valence-corrected chi connectivity index (χ3v) is 13.3. The van der Waals surface area contributed by atoms with Crippen LogP contribution in [-0.2, 0) is 48.1 Å². The van der Waals surface area contributed by atoms with Gasteiger partial charge in [-0.3, -0.25) is 29.0 Å². The van der Waals surface area contributed by atoms with Crippen molar-refractivity contribution in [1.29, 1.82) is 0 Å². The Hall–Kier alpha value is -6.41. The summed E-state index contributed by atoms with van der Waals surface area (Å²) in [6, 6.07) is 17.7. The highest BCUT2D eigenvalue weighted by Gasteiger charge is 2.40. The number of benzene rings is 3. The lowest BCUT2D eigenvalue weighted by Gasteiger charge is -2.36. The summed E-state index contributed by atoms with van der Waals surface area (Å²) >= 11 is 0. The second kappa shape index (κ2) is 19.6. The van der Waals surface area contributed by atoms with Crippen LogP contribution in [0.5, 0.6) is 11.5 Å². The molecule has 0 saturated carbocycles. The number of hydrogen-bond acceptors (Lipinski definition) is 9. The Morgan fingerprint density at radius 2 is 1.82 bits per heavy atom. The predicted molar refractivity (Wildman–Crippen MR) is 254 cm³/mol. The molecule has 14 heteroatoms. The summed E-state index contributed by atoms with van der Waals surface area (Å²) in [6.45, 7) is 19.5. The number of amides is 4. The number of phenolic OH excluding ortho intramolecular Hbond substituents is 1. The van der Waals surface area contributed by atoms with E-state index in [2.05, 4.69) is 67.4 Å². The number of hydrazine groups is 1. The van der Waals surface area contributed by atoms with Gasteiger partial charge < -0.3 is 34.3 Å². The SMILES string of the molecule is C=CC(=O)N1CC[C@H](C(=O)N(C)[C@H](C(=O)NC(=C)C2Cc3cc(O)cc(c3)-c3ccc4c(c3)c(c(-c3ccccc3OC)n4CC)CC(C)(C)COC(=O)[C@@H]3CCCN(N3)C2=O)C(C)C)C1. The molecule has 4 aromatic rings. The van der Waals surface area contributed by atoms with Crippen LogP contribution in [0.25, 0.3) is 33.3 Å². The van der Waals surface area contributed by atoms with Crippen molar-refractivity contribution in [2.24, 2.45) is 23.2 Å². The van der Waals surface area contributed by atoms with Gasteiger partial charge in [0.05, 0.1) is 31.2 Å². The molecule has 4 heterocycles. The van der Waals surface area contributed by atoms with Crippen molar-refractivity contribution in [3.63, 3.8) is 0 Å². The number of fused-ring (bicyclic) bond motifs is 6. The number of ether oxygens (including phenoxy) is 2. The fourth-order valence-electron chi connectivity index (χ4n) is 9.97. The smallest absolute Gasteiger partial charge is 0.324 e. The number of nitrogens with one attached hydrogen (secondary N) is 2. The van der Waals surface area contributed by atoms with Crippen LogP contribution >= 0.6 is 0 Å². The maximum absolute atomic E-state index is 14.8. The van der Waals surface area contributed by atoms with Crippen LogP contribution in [0.4, 0.5) is 0 Å². The number of carbonyl (C=O) groups excluding carboxylic acids is 5. The van der Waals surface area contributed by atoms with Crippen LogP contribution in [-0.4, -0.2) is 107 Å². The van der Waals surface area contributed by atoms with E-state index in [9.17, 15) is 29.1 Å². The molecule has 0 aliphatic carbocycles. The molecule has 3 aliphatic heterocycles. The van der Waals surface area contributed by atoms with Crippen LogP contribution in [0.15, 0.2) is 85.6 Å². The van der Waals surface area contributed by atoms with E-state index < -0.39 is 47.1 Å². The lowest BCUT2D eigenvalue weighted by molar-refractivity contribution is -0.155. The van der Waals surface area contributed by atoms with Crippen molar-refractivity contribution in [2.45, 2.75) is 85.4 Å². The monoisotopic (exact) mass is 900 g/mol. The number of methoxy groups -OCH3 is 1. The van der Waals surface area contributed by atoms with Crippen LogP contribution in [0.3, 0.4) is 0 Å². The van der Waals surface area contributed by atoms with Crippen molar-refractivity contribution >= 4 is 40.5 Å². The topological polar surface area (TPSA) is 163 Å². The first-order valence-corrected chi connectivity index (χ1v) is 23.0. The molecule has 7 rings (SSSR count). The molecule has 2 fully saturated rings. The van der Waals surface area contributed by atoms with Crippen molar-refractivity contribution in [3.8, 4) is 33.9 Å². The number of phenols is 1. The molecule has 66 heavy (non-hydrogen) atoms. The number of hydrogen-bond donors (Lipinski definition) is 3. The largest absolute Gasteiger partial charge is 0.508 e. The summed E-state index contributed by atoms with van der Waals surface area (Å²) in [4.78, 5) is 72.1. The van der Waals surface area contributed by atoms with Gasteiger partial charge in [-0.2, -0.15) is 0 Å². The van der Waals surface area contributed by atoms with Gasteiger partial charge in [-0.25, -0.2) is 5.43 Å². The number of aromatic hydroxyl groups is 1. The third kappa shape index (κ3) is 9.74. The average Bonchev–Trinajstić information content (AvgIpc) is 3.91. The number of likely N-dealkylation sites (tertiary alicyclic amines) is 1. The first-order valence-electron chi connectivity index (χ1n) is 23.0. The van der Waals surface area contributed by atoms with Crippen LogP contribution in [0.2, 0.25) is 0 Å². The molecule has 1 unspecified atom stereocenters. The van der Waals surface area contributed by atoms with Gasteiger partial charge in [0.1, 0.15) is 23.6 Å². The van der Waals surface area contributed by atoms with Gasteiger partial charge in [0.25, 0.3) is 0 Å². The molecule has 4 atom stereocenters. The Kier molecular flexibility index (Phi) is 14.1. The average molecular weight is 901 g/mol. The van der Waals surface area contributed by atoms with E-state index in [1.807, 2.05) is 44.2 Å². The van der Waals surface area contributed by atoms with E-state index in [1.165, 1.54) is 16.0 Å². The molecule has 3 aliphatic rings. The fraction of sp³-hybridized carbons (Fsp3) is 0.442. The van der Waals surface area contributed by atoms with Crippen molar-refractivity contribution in [3.05, 3.63) is 96.7 Å². The van der Waals surface area contributed by atoms with E-state index in [0.29, 0.717) is 50.9 Å². The molecule has 0 spiro atoms. The molecule has 3 aromatic carbocycles. The number of para-hydroxylation sites is 1. The first kappa shape index (κ1) is 47.5. The summed E-state index contributed by atoms with van der Waals surface area (Å²) in [7, 11) is 3.25. The highest BCUT2D eigenvalue weighted by atomic mass is 16.5. The predicted octanol–water partition coefficient (Wildman–Crippen LogP) is 6.64. The van der Waals surface area contributed by atoms with Crippen LogP contribution < -0.4 is 15.5 Å². The van der Waals surface area contributed by atoms with Gasteiger partial charge in [0.2, 0.25) is 23.6 Å². The maximum atomic E-state index is 14.8. The summed E-state index contributed by atoms with van der Waals surface area (Å²) in [5, 5.41) is 16.7. The maximum Gasteiger partial charge on any atom is 0.324 e. The summed E-state index contributed by atoms with van der Waals surface area (Å²) in [6.07, 6.45) is 3.25. The minimum absolute atomic E-state index is 0.000714. The van der Waals surface area contributed by atoms with Crippen molar-refractivity contribution < 1.29 is 38.6 Å². The lowest BCUT2D eigenvalue weighted by atomic mass is 9.84. The number of carbonyl (C=O) groups is 5. The zero-order chi connectivity index (χ0) is 47.6. The standard InChI is InChI=1S/C52H64N6O8/c1-10-45(60)56-22-20-35(29-56)49(62)55(8)46(31(3)4)48(61)53-32(5)39-25-33-23-36(26-37(59)24-33)34-18-19-43-40(27-34)41(47(57(43)11-2)38-15-12-13-17-44(38)65-9)28-52(6,7)30-66-51(64)42-16-14-21-58(54-42)50(39)63/h10,12-13,15,17-19,23-24,26-27,31,35,39,42,46,54,59H,1,5,11,14,16,20-22,25,28-30H2,2-4,6-9H3,(H,53,61)/t35-,39?,42-,46-/m0/s1. The van der Waals surface area contributed by atoms with E-state index in [0.717, 1.165) is 44.6 Å². The molecule has 0 radical (unpaired) electrons. The molecular formula is C52H64N6O8. The molecule has 350 valence electrons. The molecule has 14 nitrogen and oxygen atoms in total. The van der Waals surface area contributed by atoms with Crippen LogP contribution in [0, 0.1) is 23.2 Å². The Labute approximate surface area is 387 Å². The van der Waals surface area contributed by atoms with E-state index >= 15 is 0 Å². The third-order valence-electron chi connectivity index (χ3n) is 13.3. The summed E-state index contributed by atoms with van der Waals surface area (Å²) in [5.74, 6) is -3.06. The zero-order valence-electron chi connectivity index (χ0n) is 39.3. The number of nitrogens with zero attached hydrogens (tertiary/aromatic N) is 4. The minimum atomic E-state index is -1.05. The van der Waals surface area contributed by atoms with E-state index in [-0.39, 0.29) is 48.8 Å². The number of likely N-dealkylation sites (N-methyl/N-ethyl adjacent to an activating group) is 1. The van der Waals surface area contributed by atoms with E-state index in [4.69, 9.17) is 9.47 Å². The molecule has 3 N–H and O–H groups in total. The van der Waals surface area contributed by atoms with Crippen molar-refractivity contribution in [1.82, 2.24) is 30.1 Å². The summed E-state index contributed by atoms with van der Waals surface area (Å²) < 4.78 is 14.3. The lowest BCUT2D eigenvalue weighted by Crippen LogP contribution is -2.58. The number of cyclic esters (lactones) is 1. The Balaban J connectivity index is 1.28. The zero-order valence-corrected chi connectivity index (χ0v) is 39.3. The number of aromatic nitrogens is 1. The van der Waals surface area contributed by atoms with E-state index in [1.54, 1.807) is 31.2 Å². The number of aryl methyl sites for hydroxylation is 1. The van der Waals surface area contributed by atoms with Gasteiger partial charge >= 0.3 is 5.97 Å². The minimum Gasteiger partial charge on any atom is -0.508 e. The molecule has 4 amide bonds. The first-order chi connectivity index (χ1) is 31.4. The highest BCUT2D eigenvalue weighted by Crippen LogP contribution is 2.43.